The van der Waals surface area contributed by atoms with Crippen LogP contribution in [0.3, 0.4) is 0 Å². The molecule has 1 fully saturated rings. The molecule has 1 aromatic carbocycles. The Hall–Kier alpha value is -4.09. The largest absolute Gasteiger partial charge is 0.573 e. The Morgan fingerprint density at radius 1 is 1.18 bits per heavy atom. The molecule has 1 N–H and O–H groups in total. The van der Waals surface area contributed by atoms with Gasteiger partial charge in [0.25, 0.3) is 5.91 Å². The molecule has 4 rings (SSSR count). The third kappa shape index (κ3) is 4.89. The van der Waals surface area contributed by atoms with Gasteiger partial charge in [0, 0.05) is 17.8 Å². The van der Waals surface area contributed by atoms with E-state index in [-0.39, 0.29) is 30.7 Å². The minimum absolute atomic E-state index is 0.0112. The summed E-state index contributed by atoms with van der Waals surface area (Å²) in [4.78, 5) is 29.7. The van der Waals surface area contributed by atoms with Crippen LogP contribution in [0.15, 0.2) is 42.6 Å². The van der Waals surface area contributed by atoms with E-state index in [9.17, 15) is 22.8 Å². The van der Waals surface area contributed by atoms with Crippen molar-refractivity contribution in [2.75, 3.05) is 20.3 Å². The molecule has 1 saturated heterocycles. The van der Waals surface area contributed by atoms with Crippen molar-refractivity contribution in [2.45, 2.75) is 13.3 Å². The first-order chi connectivity index (χ1) is 15.6. The Kier molecular flexibility index (Phi) is 5.66. The molecule has 0 spiro atoms. The second kappa shape index (κ2) is 8.45. The summed E-state index contributed by atoms with van der Waals surface area (Å²) in [6, 6.07) is 8.72. The first-order valence-corrected chi connectivity index (χ1v) is 9.67. The highest BCUT2D eigenvalue weighted by Crippen LogP contribution is 2.32. The van der Waals surface area contributed by atoms with Crippen molar-refractivity contribution in [3.63, 3.8) is 0 Å². The number of aromatic nitrogens is 3. The number of carbonyl (C=O) groups is 2. The smallest absolute Gasteiger partial charge is 0.481 e. The van der Waals surface area contributed by atoms with E-state index in [1.54, 1.807) is 25.1 Å². The Morgan fingerprint density at radius 3 is 2.64 bits per heavy atom. The SMILES string of the molecule is COc1cc(-n2nc(C(=O)N3CNC(=O)C3)cc2-c2cc(C)cc(OC(F)(F)F)c2)ccn1. The van der Waals surface area contributed by atoms with Crippen LogP contribution in [0.25, 0.3) is 16.9 Å². The van der Waals surface area contributed by atoms with Gasteiger partial charge >= 0.3 is 6.36 Å². The molecule has 1 aliphatic heterocycles. The quantitative estimate of drug-likeness (QED) is 0.628. The molecule has 9 nitrogen and oxygen atoms in total. The molecule has 3 aromatic rings. The summed E-state index contributed by atoms with van der Waals surface area (Å²) in [5.74, 6) is -0.926. The van der Waals surface area contributed by atoms with Crippen molar-refractivity contribution in [2.24, 2.45) is 0 Å². The fraction of sp³-hybridized carbons (Fsp3) is 0.238. The number of pyridine rings is 1. The van der Waals surface area contributed by atoms with Gasteiger partial charge in [0.1, 0.15) is 12.3 Å². The predicted octanol–water partition coefficient (Wildman–Crippen LogP) is 2.68. The molecule has 0 radical (unpaired) electrons. The second-order valence-corrected chi connectivity index (χ2v) is 7.23. The molecule has 172 valence electrons. The summed E-state index contributed by atoms with van der Waals surface area (Å²) >= 11 is 0. The van der Waals surface area contributed by atoms with Crippen molar-refractivity contribution in [3.05, 3.63) is 53.9 Å². The monoisotopic (exact) mass is 461 g/mol. The first-order valence-electron chi connectivity index (χ1n) is 9.67. The average molecular weight is 461 g/mol. The van der Waals surface area contributed by atoms with Crippen LogP contribution in [0.4, 0.5) is 13.2 Å². The molecule has 2 aromatic heterocycles. The van der Waals surface area contributed by atoms with Gasteiger partial charge in [-0.2, -0.15) is 5.10 Å². The average Bonchev–Trinajstić information content (AvgIpc) is 3.38. The zero-order valence-electron chi connectivity index (χ0n) is 17.5. The van der Waals surface area contributed by atoms with E-state index in [1.165, 1.54) is 41.1 Å². The molecule has 33 heavy (non-hydrogen) atoms. The van der Waals surface area contributed by atoms with Crippen LogP contribution in [0.2, 0.25) is 0 Å². The maximum atomic E-state index is 12.9. The van der Waals surface area contributed by atoms with Gasteiger partial charge in [0.05, 0.1) is 25.2 Å². The minimum atomic E-state index is -4.86. The summed E-state index contributed by atoms with van der Waals surface area (Å²) in [5, 5.41) is 6.92. The van der Waals surface area contributed by atoms with E-state index < -0.39 is 18.0 Å². The summed E-state index contributed by atoms with van der Waals surface area (Å²) < 4.78 is 49.1. The van der Waals surface area contributed by atoms with Crippen LogP contribution in [0, 0.1) is 6.92 Å². The Labute approximate surface area is 185 Å². The number of nitrogens with zero attached hydrogens (tertiary/aromatic N) is 4. The summed E-state index contributed by atoms with van der Waals surface area (Å²) in [7, 11) is 1.43. The molecule has 0 bridgehead atoms. The zero-order chi connectivity index (χ0) is 23.8. The van der Waals surface area contributed by atoms with Gasteiger partial charge < -0.3 is 19.7 Å². The lowest BCUT2D eigenvalue weighted by Crippen LogP contribution is -2.30. The molecule has 0 unspecified atom stereocenters. The van der Waals surface area contributed by atoms with Crippen LogP contribution in [-0.2, 0) is 4.79 Å². The van der Waals surface area contributed by atoms with Gasteiger partial charge in [-0.1, -0.05) is 0 Å². The number of amides is 2. The van der Waals surface area contributed by atoms with Gasteiger partial charge in [-0.3, -0.25) is 9.59 Å². The topological polar surface area (TPSA) is 98.6 Å². The minimum Gasteiger partial charge on any atom is -0.481 e. The molecule has 3 heterocycles. The zero-order valence-corrected chi connectivity index (χ0v) is 17.5. The van der Waals surface area contributed by atoms with Crippen LogP contribution in [0.1, 0.15) is 16.1 Å². The van der Waals surface area contributed by atoms with Crippen molar-refractivity contribution in [1.82, 2.24) is 25.0 Å². The Bertz CT molecular complexity index is 1220. The molecular weight excluding hydrogens is 443 g/mol. The van der Waals surface area contributed by atoms with Crippen molar-refractivity contribution in [1.29, 1.82) is 0 Å². The normalized spacial score (nSPS) is 13.7. The van der Waals surface area contributed by atoms with Crippen LogP contribution >= 0.6 is 0 Å². The molecule has 12 heteroatoms. The number of aryl methyl sites for hydroxylation is 1. The summed E-state index contributed by atoms with van der Waals surface area (Å²) in [6.07, 6.45) is -3.39. The van der Waals surface area contributed by atoms with E-state index in [0.717, 1.165) is 0 Å². The van der Waals surface area contributed by atoms with E-state index in [2.05, 4.69) is 20.1 Å². The molecule has 1 aliphatic rings. The Balaban J connectivity index is 1.83. The fourth-order valence-corrected chi connectivity index (χ4v) is 3.39. The third-order valence-corrected chi connectivity index (χ3v) is 4.77. The van der Waals surface area contributed by atoms with E-state index in [0.29, 0.717) is 22.5 Å². The first kappa shape index (κ1) is 22.1. The standard InChI is InChI=1S/C21H18F3N5O4/c1-12-5-13(7-15(6-12)33-21(22,23)24)17-9-16(20(31)28-10-18(30)26-11-28)27-29(17)14-3-4-25-19(8-14)32-2/h3-9H,10-11H2,1-2H3,(H,26,30). The van der Waals surface area contributed by atoms with Crippen LogP contribution in [0.5, 0.6) is 11.6 Å². The number of carbonyl (C=O) groups excluding carboxylic acids is 2. The highest BCUT2D eigenvalue weighted by Gasteiger charge is 2.32. The molecule has 0 aliphatic carbocycles. The lowest BCUT2D eigenvalue weighted by Gasteiger charge is -2.13. The van der Waals surface area contributed by atoms with E-state index in [1.807, 2.05) is 0 Å². The molecule has 0 atom stereocenters. The predicted molar refractivity (Wildman–Crippen MR) is 109 cm³/mol. The fourth-order valence-electron chi connectivity index (χ4n) is 3.39. The van der Waals surface area contributed by atoms with Crippen molar-refractivity contribution >= 4 is 11.8 Å². The van der Waals surface area contributed by atoms with Crippen molar-refractivity contribution in [3.8, 4) is 28.6 Å². The summed E-state index contributed by atoms with van der Waals surface area (Å²) in [5.41, 5.74) is 1.66. The number of halogens is 3. The van der Waals surface area contributed by atoms with Gasteiger partial charge in [-0.15, -0.1) is 13.2 Å². The second-order valence-electron chi connectivity index (χ2n) is 7.23. The van der Waals surface area contributed by atoms with Gasteiger partial charge in [0.15, 0.2) is 5.69 Å². The molecule has 2 amide bonds. The number of hydrogen-bond acceptors (Lipinski definition) is 6. The number of methoxy groups -OCH3 is 1. The number of benzene rings is 1. The van der Waals surface area contributed by atoms with Gasteiger partial charge in [0.2, 0.25) is 11.8 Å². The third-order valence-electron chi connectivity index (χ3n) is 4.77. The highest BCUT2D eigenvalue weighted by molar-refractivity contribution is 5.97. The maximum absolute atomic E-state index is 12.9. The highest BCUT2D eigenvalue weighted by atomic mass is 19.4. The number of rotatable bonds is 5. The Morgan fingerprint density at radius 2 is 1.97 bits per heavy atom. The van der Waals surface area contributed by atoms with Gasteiger partial charge in [-0.05, 0) is 42.8 Å². The van der Waals surface area contributed by atoms with E-state index in [4.69, 9.17) is 4.74 Å². The van der Waals surface area contributed by atoms with Crippen LogP contribution in [-0.4, -0.2) is 58.2 Å². The summed E-state index contributed by atoms with van der Waals surface area (Å²) in [6.45, 7) is 1.55. The number of ether oxygens (including phenoxy) is 2. The molecular formula is C21H18F3N5O4. The van der Waals surface area contributed by atoms with Crippen molar-refractivity contribution < 1.29 is 32.2 Å². The van der Waals surface area contributed by atoms with E-state index >= 15 is 0 Å². The lowest BCUT2D eigenvalue weighted by molar-refractivity contribution is -0.274. The molecule has 0 saturated carbocycles. The van der Waals surface area contributed by atoms with Gasteiger partial charge in [-0.25, -0.2) is 9.67 Å². The van der Waals surface area contributed by atoms with Crippen LogP contribution < -0.4 is 14.8 Å². The lowest BCUT2D eigenvalue weighted by atomic mass is 10.1. The number of nitrogens with one attached hydrogen (secondary N) is 1. The number of hydrogen-bond donors (Lipinski definition) is 1. The maximum Gasteiger partial charge on any atom is 0.573 e. The number of alkyl halides is 3.